The number of hydrogen-bond acceptors (Lipinski definition) is 3. The van der Waals surface area contributed by atoms with Gasteiger partial charge in [0.05, 0.1) is 5.75 Å². The van der Waals surface area contributed by atoms with Gasteiger partial charge in [-0.3, -0.25) is 4.21 Å². The highest BCUT2D eigenvalue weighted by molar-refractivity contribution is 7.89. The molecule has 18 heavy (non-hydrogen) atoms. The first-order valence-electron chi connectivity index (χ1n) is 5.73. The fourth-order valence-corrected chi connectivity index (χ4v) is 3.25. The summed E-state index contributed by atoms with van der Waals surface area (Å²) in [4.78, 5) is 0.748. The Morgan fingerprint density at radius 2 is 1.78 bits per heavy atom. The topological polar surface area (TPSA) is 54.5 Å². The van der Waals surface area contributed by atoms with Crippen LogP contribution in [0.3, 0.4) is 0 Å². The Hall–Kier alpha value is -0.720. The second-order valence-electron chi connectivity index (χ2n) is 4.17. The van der Waals surface area contributed by atoms with Crippen LogP contribution in [0.15, 0.2) is 29.2 Å². The van der Waals surface area contributed by atoms with Crippen molar-refractivity contribution >= 4 is 20.8 Å². The molecule has 0 saturated carbocycles. The minimum absolute atomic E-state index is 0.167. The first kappa shape index (κ1) is 15.3. The first-order chi connectivity index (χ1) is 8.36. The highest BCUT2D eigenvalue weighted by Gasteiger charge is 2.16. The van der Waals surface area contributed by atoms with Crippen LogP contribution in [0.1, 0.15) is 18.9 Å². The highest BCUT2D eigenvalue weighted by atomic mass is 32.2. The summed E-state index contributed by atoms with van der Waals surface area (Å²) in [7, 11) is -2.58. The lowest BCUT2D eigenvalue weighted by molar-refractivity contribution is 0.466. The van der Waals surface area contributed by atoms with Crippen LogP contribution in [-0.2, 0) is 27.4 Å². The molecular formula is C12H19NO3S2. The Balaban J connectivity index is 2.76. The van der Waals surface area contributed by atoms with Crippen molar-refractivity contribution in [2.24, 2.45) is 0 Å². The second-order valence-corrected chi connectivity index (χ2v) is 7.75. The van der Waals surface area contributed by atoms with E-state index >= 15 is 0 Å². The van der Waals surface area contributed by atoms with Crippen molar-refractivity contribution in [1.82, 2.24) is 4.31 Å². The van der Waals surface area contributed by atoms with E-state index in [1.54, 1.807) is 25.4 Å². The predicted octanol–water partition coefficient (Wildman–Crippen LogP) is 1.60. The normalized spacial score (nSPS) is 13.8. The molecule has 1 rings (SSSR count). The van der Waals surface area contributed by atoms with E-state index in [1.165, 1.54) is 4.31 Å². The number of nitrogens with zero attached hydrogens (tertiary/aromatic N) is 1. The summed E-state index contributed by atoms with van der Waals surface area (Å²) in [6.07, 6.45) is 2.23. The predicted molar refractivity (Wildman–Crippen MR) is 74.3 cm³/mol. The van der Waals surface area contributed by atoms with Gasteiger partial charge >= 0.3 is 0 Å². The lowest BCUT2D eigenvalue weighted by atomic mass is 10.2. The molecule has 6 heteroatoms. The van der Waals surface area contributed by atoms with Crippen molar-refractivity contribution in [3.05, 3.63) is 29.8 Å². The second kappa shape index (κ2) is 6.45. The number of benzene rings is 1. The quantitative estimate of drug-likeness (QED) is 0.799. The van der Waals surface area contributed by atoms with E-state index < -0.39 is 20.8 Å². The summed E-state index contributed by atoms with van der Waals surface area (Å²) in [6, 6.07) is 7.17. The van der Waals surface area contributed by atoms with Gasteiger partial charge in [0.2, 0.25) is 10.0 Å². The van der Waals surface area contributed by atoms with Gasteiger partial charge in [-0.05, 0) is 24.1 Å². The zero-order valence-corrected chi connectivity index (χ0v) is 12.6. The van der Waals surface area contributed by atoms with Crippen molar-refractivity contribution in [2.45, 2.75) is 24.8 Å². The van der Waals surface area contributed by atoms with E-state index in [4.69, 9.17) is 0 Å². The summed E-state index contributed by atoms with van der Waals surface area (Å²) < 4.78 is 36.2. The molecule has 1 aromatic rings. The minimum atomic E-state index is -3.16. The van der Waals surface area contributed by atoms with E-state index in [9.17, 15) is 12.6 Å². The van der Waals surface area contributed by atoms with Crippen LogP contribution in [-0.4, -0.2) is 36.0 Å². The molecule has 0 spiro atoms. The molecular weight excluding hydrogens is 270 g/mol. The third kappa shape index (κ3) is 4.19. The Kier molecular flexibility index (Phi) is 5.49. The SMILES string of the molecule is CCCS(=O)(=O)N(C)Cc1ccc([S@@](C)=O)cc1. The van der Waals surface area contributed by atoms with Gasteiger partial charge in [-0.25, -0.2) is 12.7 Å². The zero-order chi connectivity index (χ0) is 13.8. The summed E-state index contributed by atoms with van der Waals surface area (Å²) in [5, 5.41) is 0. The van der Waals surface area contributed by atoms with E-state index in [1.807, 2.05) is 19.1 Å². The maximum atomic E-state index is 11.8. The smallest absolute Gasteiger partial charge is 0.214 e. The number of hydrogen-bond donors (Lipinski definition) is 0. The summed E-state index contributed by atoms with van der Waals surface area (Å²) in [5.74, 6) is 0.167. The maximum Gasteiger partial charge on any atom is 0.214 e. The van der Waals surface area contributed by atoms with E-state index in [-0.39, 0.29) is 5.75 Å². The third-order valence-corrected chi connectivity index (χ3v) is 5.54. The molecule has 0 bridgehead atoms. The molecule has 0 aliphatic rings. The van der Waals surface area contributed by atoms with E-state index in [0.29, 0.717) is 13.0 Å². The van der Waals surface area contributed by atoms with Gasteiger partial charge in [0.25, 0.3) is 0 Å². The van der Waals surface area contributed by atoms with Crippen LogP contribution in [0.25, 0.3) is 0 Å². The molecule has 0 saturated heterocycles. The van der Waals surface area contributed by atoms with Gasteiger partial charge in [-0.2, -0.15) is 0 Å². The van der Waals surface area contributed by atoms with Crippen LogP contribution in [0.5, 0.6) is 0 Å². The average molecular weight is 289 g/mol. The molecule has 0 fully saturated rings. The van der Waals surface area contributed by atoms with Crippen LogP contribution >= 0.6 is 0 Å². The van der Waals surface area contributed by atoms with Crippen LogP contribution < -0.4 is 0 Å². The Morgan fingerprint density at radius 1 is 1.22 bits per heavy atom. The van der Waals surface area contributed by atoms with Crippen molar-refractivity contribution in [1.29, 1.82) is 0 Å². The molecule has 0 aromatic heterocycles. The van der Waals surface area contributed by atoms with Gasteiger partial charge in [0.1, 0.15) is 0 Å². The molecule has 0 heterocycles. The fourth-order valence-electron chi connectivity index (χ4n) is 1.56. The fraction of sp³-hybridized carbons (Fsp3) is 0.500. The molecule has 0 N–H and O–H groups in total. The highest BCUT2D eigenvalue weighted by Crippen LogP contribution is 2.11. The van der Waals surface area contributed by atoms with Crippen molar-refractivity contribution in [3.8, 4) is 0 Å². The number of rotatable bonds is 6. The Morgan fingerprint density at radius 3 is 2.22 bits per heavy atom. The molecule has 102 valence electrons. The van der Waals surface area contributed by atoms with Crippen LogP contribution in [0, 0.1) is 0 Å². The summed E-state index contributed by atoms with van der Waals surface area (Å²) in [5.41, 5.74) is 0.895. The standard InChI is InChI=1S/C12H19NO3S2/c1-4-9-18(15,16)13(2)10-11-5-7-12(8-6-11)17(3)14/h5-8H,4,9-10H2,1-3H3/t17-/m1/s1. The van der Waals surface area contributed by atoms with Crippen LogP contribution in [0.2, 0.25) is 0 Å². The third-order valence-electron chi connectivity index (χ3n) is 2.60. The van der Waals surface area contributed by atoms with Gasteiger partial charge in [0, 0.05) is 35.5 Å². The zero-order valence-electron chi connectivity index (χ0n) is 10.9. The molecule has 0 aliphatic carbocycles. The van der Waals surface area contributed by atoms with E-state index in [0.717, 1.165) is 10.5 Å². The summed E-state index contributed by atoms with van der Waals surface area (Å²) in [6.45, 7) is 2.19. The first-order valence-corrected chi connectivity index (χ1v) is 8.90. The van der Waals surface area contributed by atoms with Crippen LogP contribution in [0.4, 0.5) is 0 Å². The molecule has 4 nitrogen and oxygen atoms in total. The lowest BCUT2D eigenvalue weighted by Crippen LogP contribution is -2.28. The Bertz CT molecular complexity index is 509. The van der Waals surface area contributed by atoms with Gasteiger partial charge in [-0.15, -0.1) is 0 Å². The average Bonchev–Trinajstić information content (AvgIpc) is 2.29. The molecule has 1 atom stereocenters. The van der Waals surface area contributed by atoms with E-state index in [2.05, 4.69) is 0 Å². The minimum Gasteiger partial charge on any atom is -0.255 e. The molecule has 1 aromatic carbocycles. The number of sulfonamides is 1. The van der Waals surface area contributed by atoms with Crippen molar-refractivity contribution < 1.29 is 12.6 Å². The monoisotopic (exact) mass is 289 g/mol. The van der Waals surface area contributed by atoms with Crippen molar-refractivity contribution in [3.63, 3.8) is 0 Å². The van der Waals surface area contributed by atoms with Gasteiger partial charge < -0.3 is 0 Å². The summed E-state index contributed by atoms with van der Waals surface area (Å²) >= 11 is 0. The molecule has 0 radical (unpaired) electrons. The Labute approximate surface area is 112 Å². The van der Waals surface area contributed by atoms with Gasteiger partial charge in [0.15, 0.2) is 0 Å². The molecule has 0 amide bonds. The van der Waals surface area contributed by atoms with Crippen molar-refractivity contribution in [2.75, 3.05) is 19.1 Å². The van der Waals surface area contributed by atoms with Gasteiger partial charge in [-0.1, -0.05) is 19.1 Å². The molecule has 0 aliphatic heterocycles. The molecule has 0 unspecified atom stereocenters. The maximum absolute atomic E-state index is 11.8. The largest absolute Gasteiger partial charge is 0.255 e. The lowest BCUT2D eigenvalue weighted by Gasteiger charge is -2.16.